The van der Waals surface area contributed by atoms with Gasteiger partial charge in [0.05, 0.1) is 22.7 Å². The van der Waals surface area contributed by atoms with Gasteiger partial charge in [0.25, 0.3) is 0 Å². The standard InChI is InChI=1S/C14H22BO5S/c1-13(2,17)14(3,4)20-15-11-7-6-10(9-16)12(8-11)21(5,18)19/h6-8,16-17H,9H2,1-5H3. The van der Waals surface area contributed by atoms with Gasteiger partial charge in [0, 0.05) is 6.26 Å². The highest BCUT2D eigenvalue weighted by atomic mass is 32.2. The smallest absolute Gasteiger partial charge is 0.330 e. The van der Waals surface area contributed by atoms with Crippen LogP contribution in [0.15, 0.2) is 23.1 Å². The van der Waals surface area contributed by atoms with Crippen molar-refractivity contribution in [2.45, 2.75) is 50.4 Å². The molecule has 0 aliphatic rings. The van der Waals surface area contributed by atoms with Crippen LogP contribution < -0.4 is 5.46 Å². The molecule has 0 aromatic heterocycles. The lowest BCUT2D eigenvalue weighted by atomic mass is 9.82. The van der Waals surface area contributed by atoms with Gasteiger partial charge in [-0.2, -0.15) is 0 Å². The maximum absolute atomic E-state index is 11.7. The number of benzene rings is 1. The zero-order valence-corrected chi connectivity index (χ0v) is 13.9. The second-order valence-corrected chi connectivity index (χ2v) is 8.09. The van der Waals surface area contributed by atoms with Crippen LogP contribution >= 0.6 is 0 Å². The molecule has 0 heterocycles. The molecular formula is C14H22BO5S. The van der Waals surface area contributed by atoms with Gasteiger partial charge >= 0.3 is 7.48 Å². The number of hydrogen-bond donors (Lipinski definition) is 2. The molecular weight excluding hydrogens is 291 g/mol. The Morgan fingerprint density at radius 1 is 1.24 bits per heavy atom. The van der Waals surface area contributed by atoms with Crippen molar-refractivity contribution >= 4 is 22.8 Å². The van der Waals surface area contributed by atoms with Crippen LogP contribution in [-0.2, 0) is 21.1 Å². The molecule has 0 saturated carbocycles. The van der Waals surface area contributed by atoms with Crippen LogP contribution in [0.3, 0.4) is 0 Å². The van der Waals surface area contributed by atoms with Gasteiger partial charge in [-0.3, -0.25) is 0 Å². The monoisotopic (exact) mass is 313 g/mol. The Morgan fingerprint density at radius 2 is 1.81 bits per heavy atom. The molecule has 0 spiro atoms. The summed E-state index contributed by atoms with van der Waals surface area (Å²) in [4.78, 5) is 0.0726. The molecule has 1 aromatic rings. The summed E-state index contributed by atoms with van der Waals surface area (Å²) in [6.07, 6.45) is 1.09. The normalized spacial score (nSPS) is 13.3. The molecule has 2 N–H and O–H groups in total. The van der Waals surface area contributed by atoms with E-state index < -0.39 is 21.0 Å². The maximum atomic E-state index is 11.7. The molecule has 0 unspecified atom stereocenters. The largest absolute Gasteiger partial charge is 0.427 e. The molecule has 117 valence electrons. The second-order valence-electron chi connectivity index (χ2n) is 6.10. The Morgan fingerprint density at radius 3 is 2.24 bits per heavy atom. The Labute approximate surface area is 127 Å². The molecule has 0 bridgehead atoms. The molecule has 0 amide bonds. The molecule has 0 aliphatic heterocycles. The van der Waals surface area contributed by atoms with Gasteiger partial charge in [0.15, 0.2) is 9.84 Å². The molecule has 7 heteroatoms. The van der Waals surface area contributed by atoms with Crippen molar-refractivity contribution in [1.82, 2.24) is 0 Å². The third-order valence-corrected chi connectivity index (χ3v) is 4.80. The van der Waals surface area contributed by atoms with Crippen molar-refractivity contribution in [2.24, 2.45) is 0 Å². The fourth-order valence-electron chi connectivity index (χ4n) is 1.48. The van der Waals surface area contributed by atoms with Crippen molar-refractivity contribution in [3.63, 3.8) is 0 Å². The van der Waals surface area contributed by atoms with E-state index in [1.807, 2.05) is 0 Å². The summed E-state index contributed by atoms with van der Waals surface area (Å²) < 4.78 is 29.0. The lowest BCUT2D eigenvalue weighted by Gasteiger charge is -2.37. The summed E-state index contributed by atoms with van der Waals surface area (Å²) in [6, 6.07) is 4.64. The van der Waals surface area contributed by atoms with E-state index in [0.717, 1.165) is 6.26 Å². The first kappa shape index (κ1) is 18.2. The first-order chi connectivity index (χ1) is 9.38. The molecule has 5 nitrogen and oxygen atoms in total. The average Bonchev–Trinajstić information content (AvgIpc) is 2.33. The molecule has 0 saturated heterocycles. The zero-order chi connectivity index (χ0) is 16.5. The van der Waals surface area contributed by atoms with Crippen LogP contribution in [0.25, 0.3) is 0 Å². The summed E-state index contributed by atoms with van der Waals surface area (Å²) in [5.74, 6) is 0. The molecule has 1 rings (SSSR count). The first-order valence-electron chi connectivity index (χ1n) is 6.56. The topological polar surface area (TPSA) is 83.8 Å². The highest BCUT2D eigenvalue weighted by molar-refractivity contribution is 7.90. The Kier molecular flexibility index (Phi) is 5.26. The van der Waals surface area contributed by atoms with Gasteiger partial charge in [0.2, 0.25) is 0 Å². The molecule has 0 aliphatic carbocycles. The van der Waals surface area contributed by atoms with Crippen LogP contribution in [0.1, 0.15) is 33.3 Å². The van der Waals surface area contributed by atoms with Crippen LogP contribution in [-0.4, -0.2) is 43.6 Å². The van der Waals surface area contributed by atoms with Gasteiger partial charge in [-0.25, -0.2) is 8.42 Å². The van der Waals surface area contributed by atoms with Gasteiger partial charge in [-0.15, -0.1) is 0 Å². The predicted molar refractivity (Wildman–Crippen MR) is 82.3 cm³/mol. The summed E-state index contributed by atoms with van der Waals surface area (Å²) in [5.41, 5.74) is -1.01. The van der Waals surface area contributed by atoms with Crippen molar-refractivity contribution in [1.29, 1.82) is 0 Å². The Bertz CT molecular complexity index is 602. The number of hydrogen-bond acceptors (Lipinski definition) is 5. The fraction of sp³-hybridized carbons (Fsp3) is 0.571. The number of aliphatic hydroxyl groups excluding tert-OH is 1. The fourth-order valence-corrected chi connectivity index (χ4v) is 2.44. The van der Waals surface area contributed by atoms with Crippen molar-refractivity contribution in [3.8, 4) is 0 Å². The molecule has 1 radical (unpaired) electrons. The highest BCUT2D eigenvalue weighted by Crippen LogP contribution is 2.24. The van der Waals surface area contributed by atoms with Gasteiger partial charge in [0.1, 0.15) is 0 Å². The third-order valence-electron chi connectivity index (χ3n) is 3.62. The van der Waals surface area contributed by atoms with E-state index in [1.54, 1.807) is 39.8 Å². The van der Waals surface area contributed by atoms with E-state index in [9.17, 15) is 18.6 Å². The molecule has 21 heavy (non-hydrogen) atoms. The van der Waals surface area contributed by atoms with Crippen LogP contribution in [0, 0.1) is 0 Å². The minimum Gasteiger partial charge on any atom is -0.427 e. The van der Waals surface area contributed by atoms with Gasteiger partial charge in [-0.1, -0.05) is 17.6 Å². The Balaban J connectivity index is 3.02. The SMILES string of the molecule is CC(C)(O)C(C)(C)O[B]c1ccc(CO)c(S(C)(=O)=O)c1. The number of rotatable bonds is 6. The highest BCUT2D eigenvalue weighted by Gasteiger charge is 2.35. The third kappa shape index (κ3) is 4.54. The van der Waals surface area contributed by atoms with Gasteiger partial charge < -0.3 is 14.9 Å². The minimum atomic E-state index is -3.44. The molecule has 0 atom stereocenters. The van der Waals surface area contributed by atoms with Gasteiger partial charge in [-0.05, 0) is 39.3 Å². The summed E-state index contributed by atoms with van der Waals surface area (Å²) in [7, 11) is -2.02. The maximum Gasteiger partial charge on any atom is 0.330 e. The van der Waals surface area contributed by atoms with E-state index in [4.69, 9.17) is 4.65 Å². The first-order valence-corrected chi connectivity index (χ1v) is 8.45. The number of sulfone groups is 1. The summed E-state index contributed by atoms with van der Waals surface area (Å²) in [6.45, 7) is 6.40. The van der Waals surface area contributed by atoms with E-state index >= 15 is 0 Å². The van der Waals surface area contributed by atoms with E-state index in [2.05, 4.69) is 0 Å². The lowest BCUT2D eigenvalue weighted by molar-refractivity contribution is -0.0893. The van der Waals surface area contributed by atoms with Crippen molar-refractivity contribution in [2.75, 3.05) is 6.26 Å². The van der Waals surface area contributed by atoms with E-state index in [-0.39, 0.29) is 11.5 Å². The molecule has 1 aromatic carbocycles. The second kappa shape index (κ2) is 6.08. The predicted octanol–water partition coefficient (Wildman–Crippen LogP) is 0.393. The average molecular weight is 313 g/mol. The van der Waals surface area contributed by atoms with Crippen LogP contribution in [0.5, 0.6) is 0 Å². The van der Waals surface area contributed by atoms with E-state index in [1.165, 1.54) is 13.5 Å². The summed E-state index contributed by atoms with van der Waals surface area (Å²) >= 11 is 0. The molecule has 0 fully saturated rings. The zero-order valence-electron chi connectivity index (χ0n) is 13.0. The minimum absolute atomic E-state index is 0.0726. The van der Waals surface area contributed by atoms with Crippen LogP contribution in [0.2, 0.25) is 0 Å². The van der Waals surface area contributed by atoms with Crippen LogP contribution in [0.4, 0.5) is 0 Å². The van der Waals surface area contributed by atoms with Crippen molar-refractivity contribution in [3.05, 3.63) is 23.8 Å². The van der Waals surface area contributed by atoms with Crippen molar-refractivity contribution < 1.29 is 23.3 Å². The Hall–Kier alpha value is -0.885. The quantitative estimate of drug-likeness (QED) is 0.743. The number of aliphatic hydroxyl groups is 2. The lowest BCUT2D eigenvalue weighted by Crippen LogP contribution is -2.49. The summed E-state index contributed by atoms with van der Waals surface area (Å²) in [5, 5.41) is 19.2. The van der Waals surface area contributed by atoms with E-state index in [0.29, 0.717) is 11.0 Å².